The Morgan fingerprint density at radius 2 is 1.82 bits per heavy atom. The quantitative estimate of drug-likeness (QED) is 0.413. The number of nitrogens with zero attached hydrogens (tertiary/aromatic N) is 2. The molecule has 0 atom stereocenters. The predicted octanol–water partition coefficient (Wildman–Crippen LogP) is 4.65. The van der Waals surface area contributed by atoms with Crippen LogP contribution in [0.2, 0.25) is 5.02 Å². The number of halogens is 2. The molecule has 0 fully saturated rings. The Labute approximate surface area is 195 Å². The lowest BCUT2D eigenvalue weighted by molar-refractivity contribution is 0.0956. The van der Waals surface area contributed by atoms with Crippen LogP contribution >= 0.6 is 11.6 Å². The third-order valence-corrected chi connectivity index (χ3v) is 7.32. The molecule has 0 saturated heterocycles. The van der Waals surface area contributed by atoms with Crippen molar-refractivity contribution in [1.82, 2.24) is 15.1 Å². The number of hydrogen-bond acceptors (Lipinski definition) is 4. The second-order valence-corrected chi connectivity index (χ2v) is 10.3. The molecule has 1 heterocycles. The summed E-state index contributed by atoms with van der Waals surface area (Å²) >= 11 is 6.41. The molecule has 6 nitrogen and oxygen atoms in total. The first-order valence-corrected chi connectivity index (χ1v) is 12.5. The summed E-state index contributed by atoms with van der Waals surface area (Å²) in [5, 5.41) is 8.67. The number of rotatable bonds is 7. The fourth-order valence-corrected chi connectivity index (χ4v) is 4.38. The molecule has 0 bridgehead atoms. The Morgan fingerprint density at radius 1 is 1.09 bits per heavy atom. The number of benzene rings is 3. The fourth-order valence-electron chi connectivity index (χ4n) is 3.45. The van der Waals surface area contributed by atoms with E-state index in [2.05, 4.69) is 5.32 Å². The van der Waals surface area contributed by atoms with Crippen LogP contribution in [0.4, 0.5) is 4.39 Å². The van der Waals surface area contributed by atoms with Crippen molar-refractivity contribution in [2.75, 3.05) is 18.1 Å². The van der Waals surface area contributed by atoms with Gasteiger partial charge in [0.15, 0.2) is 9.84 Å². The van der Waals surface area contributed by atoms with Crippen LogP contribution in [0.5, 0.6) is 0 Å². The number of sulfone groups is 1. The highest BCUT2D eigenvalue weighted by atomic mass is 35.5. The van der Waals surface area contributed by atoms with Crippen LogP contribution in [-0.2, 0) is 9.84 Å². The fraction of sp³-hybridized carbons (Fsp3) is 0.167. The van der Waals surface area contributed by atoms with Gasteiger partial charge in [-0.2, -0.15) is 5.10 Å². The van der Waals surface area contributed by atoms with Gasteiger partial charge in [0.1, 0.15) is 11.5 Å². The van der Waals surface area contributed by atoms with Crippen molar-refractivity contribution >= 4 is 38.2 Å². The highest BCUT2D eigenvalue weighted by molar-refractivity contribution is 7.91. The van der Waals surface area contributed by atoms with E-state index in [0.29, 0.717) is 27.5 Å². The van der Waals surface area contributed by atoms with Gasteiger partial charge in [0.25, 0.3) is 5.91 Å². The first kappa shape index (κ1) is 22.9. The van der Waals surface area contributed by atoms with Crippen molar-refractivity contribution in [3.8, 4) is 16.9 Å². The van der Waals surface area contributed by atoms with E-state index in [1.54, 1.807) is 48.0 Å². The van der Waals surface area contributed by atoms with Gasteiger partial charge < -0.3 is 5.32 Å². The second kappa shape index (κ2) is 9.33. The molecule has 9 heteroatoms. The molecule has 0 saturated carbocycles. The van der Waals surface area contributed by atoms with Gasteiger partial charge in [-0.3, -0.25) is 4.79 Å². The minimum Gasteiger partial charge on any atom is -0.351 e. The summed E-state index contributed by atoms with van der Waals surface area (Å²) in [6, 6.07) is 18.3. The van der Waals surface area contributed by atoms with Crippen molar-refractivity contribution in [3.05, 3.63) is 83.1 Å². The molecule has 0 unspecified atom stereocenters. The number of nitrogens with one attached hydrogen (secondary N) is 1. The number of amides is 1. The molecule has 0 radical (unpaired) electrons. The molecule has 170 valence electrons. The monoisotopic (exact) mass is 485 g/mol. The van der Waals surface area contributed by atoms with Crippen LogP contribution in [-0.4, -0.2) is 42.2 Å². The minimum absolute atomic E-state index is 0.0230. The molecule has 1 N–H and O–H groups in total. The number of carbonyl (C=O) groups excluding carboxylic acids is 1. The van der Waals surface area contributed by atoms with Gasteiger partial charge in [0, 0.05) is 28.8 Å². The first-order valence-electron chi connectivity index (χ1n) is 10.3. The summed E-state index contributed by atoms with van der Waals surface area (Å²) in [6.45, 7) is 1.59. The lowest BCUT2D eigenvalue weighted by Crippen LogP contribution is -2.29. The van der Waals surface area contributed by atoms with Gasteiger partial charge in [0.2, 0.25) is 0 Å². The van der Waals surface area contributed by atoms with Crippen LogP contribution in [0.1, 0.15) is 17.3 Å². The third kappa shape index (κ3) is 4.91. The van der Waals surface area contributed by atoms with Gasteiger partial charge in [-0.1, -0.05) is 36.7 Å². The number of fused-ring (bicyclic) bond motifs is 1. The van der Waals surface area contributed by atoms with Gasteiger partial charge in [-0.05, 0) is 48.5 Å². The maximum Gasteiger partial charge on any atom is 0.251 e. The standard InChI is InChI=1S/C24H21ClFN3O3S/c1-2-33(31,32)14-13-27-24(30)16-7-12-20-22(15-16)29(18-10-8-17(26)9-11-18)28-23(20)19-5-3-4-6-21(19)25/h3-12,15H,2,13-14H2,1H3,(H,27,30). The molecule has 0 aliphatic rings. The number of aromatic nitrogens is 2. The zero-order valence-electron chi connectivity index (χ0n) is 17.8. The van der Waals surface area contributed by atoms with E-state index in [-0.39, 0.29) is 23.9 Å². The maximum absolute atomic E-state index is 13.5. The van der Waals surface area contributed by atoms with E-state index in [9.17, 15) is 17.6 Å². The number of carbonyl (C=O) groups is 1. The summed E-state index contributed by atoms with van der Waals surface area (Å²) in [5.41, 5.74) is 2.95. The van der Waals surface area contributed by atoms with Crippen LogP contribution in [0, 0.1) is 5.82 Å². The Morgan fingerprint density at radius 3 is 2.52 bits per heavy atom. The topological polar surface area (TPSA) is 81.1 Å². The summed E-state index contributed by atoms with van der Waals surface area (Å²) in [5.74, 6) is -0.865. The normalized spacial score (nSPS) is 11.6. The van der Waals surface area contributed by atoms with Crippen LogP contribution in [0.15, 0.2) is 66.7 Å². The Hall–Kier alpha value is -3.23. The zero-order valence-corrected chi connectivity index (χ0v) is 19.3. The minimum atomic E-state index is -3.18. The summed E-state index contributed by atoms with van der Waals surface area (Å²) in [7, 11) is -3.18. The van der Waals surface area contributed by atoms with E-state index >= 15 is 0 Å². The lowest BCUT2D eigenvalue weighted by Gasteiger charge is -2.07. The third-order valence-electron chi connectivity index (χ3n) is 5.28. The lowest BCUT2D eigenvalue weighted by atomic mass is 10.1. The van der Waals surface area contributed by atoms with Crippen molar-refractivity contribution < 1.29 is 17.6 Å². The van der Waals surface area contributed by atoms with E-state index in [1.807, 2.05) is 18.2 Å². The van der Waals surface area contributed by atoms with Gasteiger partial charge in [-0.25, -0.2) is 17.5 Å². The maximum atomic E-state index is 13.5. The summed E-state index contributed by atoms with van der Waals surface area (Å²) in [6.07, 6.45) is 0. The Balaban J connectivity index is 1.77. The smallest absolute Gasteiger partial charge is 0.251 e. The SMILES string of the molecule is CCS(=O)(=O)CCNC(=O)c1ccc2c(-c3ccccc3Cl)nn(-c3ccc(F)cc3)c2c1. The van der Waals surface area contributed by atoms with Crippen molar-refractivity contribution in [2.45, 2.75) is 6.92 Å². The second-order valence-electron chi connectivity index (χ2n) is 7.44. The average Bonchev–Trinajstić information content (AvgIpc) is 3.18. The van der Waals surface area contributed by atoms with Gasteiger partial charge in [0.05, 0.1) is 22.0 Å². The molecule has 3 aromatic carbocycles. The Kier molecular flexibility index (Phi) is 6.49. The molecule has 4 aromatic rings. The van der Waals surface area contributed by atoms with Crippen molar-refractivity contribution in [1.29, 1.82) is 0 Å². The molecular weight excluding hydrogens is 465 g/mol. The molecule has 1 amide bonds. The Bertz CT molecular complexity index is 1430. The van der Waals surface area contributed by atoms with E-state index in [0.717, 1.165) is 10.9 Å². The van der Waals surface area contributed by atoms with E-state index < -0.39 is 15.7 Å². The average molecular weight is 486 g/mol. The molecule has 0 aliphatic carbocycles. The predicted molar refractivity (Wildman–Crippen MR) is 128 cm³/mol. The van der Waals surface area contributed by atoms with E-state index in [1.165, 1.54) is 12.1 Å². The highest BCUT2D eigenvalue weighted by Gasteiger charge is 2.18. The first-order chi connectivity index (χ1) is 15.8. The molecule has 1 aromatic heterocycles. The van der Waals surface area contributed by atoms with Crippen molar-refractivity contribution in [2.24, 2.45) is 0 Å². The van der Waals surface area contributed by atoms with E-state index in [4.69, 9.17) is 16.7 Å². The van der Waals surface area contributed by atoms with Gasteiger partial charge in [-0.15, -0.1) is 0 Å². The molecule has 0 spiro atoms. The summed E-state index contributed by atoms with van der Waals surface area (Å²) in [4.78, 5) is 12.7. The van der Waals surface area contributed by atoms with Crippen molar-refractivity contribution in [3.63, 3.8) is 0 Å². The highest BCUT2D eigenvalue weighted by Crippen LogP contribution is 2.34. The molecular formula is C24H21ClFN3O3S. The zero-order chi connectivity index (χ0) is 23.6. The number of hydrogen-bond donors (Lipinski definition) is 1. The molecule has 0 aliphatic heterocycles. The molecule has 33 heavy (non-hydrogen) atoms. The van der Waals surface area contributed by atoms with Crippen LogP contribution in [0.3, 0.4) is 0 Å². The largest absolute Gasteiger partial charge is 0.351 e. The van der Waals surface area contributed by atoms with Crippen LogP contribution in [0.25, 0.3) is 27.8 Å². The van der Waals surface area contributed by atoms with Crippen LogP contribution < -0.4 is 5.32 Å². The molecule has 4 rings (SSSR count). The van der Waals surface area contributed by atoms with Gasteiger partial charge >= 0.3 is 0 Å². The summed E-state index contributed by atoms with van der Waals surface area (Å²) < 4.78 is 38.5.